The molecule has 3 aromatic rings. The summed E-state index contributed by atoms with van der Waals surface area (Å²) in [6.07, 6.45) is -4.60. The third-order valence-corrected chi connectivity index (χ3v) is 4.06. The van der Waals surface area contributed by atoms with Crippen molar-refractivity contribution >= 4 is 5.69 Å². The van der Waals surface area contributed by atoms with Crippen LogP contribution in [0.4, 0.5) is 27.6 Å². The summed E-state index contributed by atoms with van der Waals surface area (Å²) in [4.78, 5) is 0. The van der Waals surface area contributed by atoms with Gasteiger partial charge in [0.2, 0.25) is 0 Å². The van der Waals surface area contributed by atoms with Gasteiger partial charge in [0.25, 0.3) is 0 Å². The number of hydrogen-bond acceptors (Lipinski definition) is 2. The van der Waals surface area contributed by atoms with Crippen LogP contribution >= 0.6 is 0 Å². The van der Waals surface area contributed by atoms with Crippen LogP contribution in [0.2, 0.25) is 0 Å². The number of alkyl halides is 3. The van der Waals surface area contributed by atoms with E-state index in [0.29, 0.717) is 11.3 Å². The van der Waals surface area contributed by atoms with Gasteiger partial charge < -0.3 is 5.32 Å². The Kier molecular flexibility index (Phi) is 5.16. The van der Waals surface area contributed by atoms with Gasteiger partial charge in [0, 0.05) is 29.9 Å². The van der Waals surface area contributed by atoms with E-state index in [1.54, 1.807) is 25.1 Å². The summed E-state index contributed by atoms with van der Waals surface area (Å²) < 4.78 is 67.9. The first-order valence-electron chi connectivity index (χ1n) is 8.22. The molecule has 0 saturated heterocycles. The van der Waals surface area contributed by atoms with Gasteiger partial charge in [-0.05, 0) is 37.3 Å². The molecule has 0 radical (unpaired) electrons. The van der Waals surface area contributed by atoms with Gasteiger partial charge in [-0.25, -0.2) is 8.78 Å². The van der Waals surface area contributed by atoms with Crippen LogP contribution in [-0.4, -0.2) is 9.78 Å². The first-order chi connectivity index (χ1) is 12.8. The molecule has 0 fully saturated rings. The Balaban J connectivity index is 1.85. The second-order valence-electron chi connectivity index (χ2n) is 5.87. The molecule has 1 aromatic heterocycles. The summed E-state index contributed by atoms with van der Waals surface area (Å²) >= 11 is 0. The van der Waals surface area contributed by atoms with Crippen molar-refractivity contribution in [3.05, 3.63) is 71.4 Å². The molecule has 0 amide bonds. The van der Waals surface area contributed by atoms with E-state index in [4.69, 9.17) is 0 Å². The SMILES string of the molecule is CCn1nc(C(F)(F)F)cc1-c1ccc(NCc2ccccc2F)cc1F. The van der Waals surface area contributed by atoms with Crippen molar-refractivity contribution < 1.29 is 22.0 Å². The molecule has 0 atom stereocenters. The van der Waals surface area contributed by atoms with E-state index >= 15 is 0 Å². The van der Waals surface area contributed by atoms with Crippen molar-refractivity contribution in [2.24, 2.45) is 0 Å². The Morgan fingerprint density at radius 3 is 2.37 bits per heavy atom. The predicted octanol–water partition coefficient (Wildman–Crippen LogP) is 5.48. The Bertz CT molecular complexity index is 947. The molecule has 2 aromatic carbocycles. The first-order valence-corrected chi connectivity index (χ1v) is 8.22. The summed E-state index contributed by atoms with van der Waals surface area (Å²) in [5.41, 5.74) is -0.209. The lowest BCUT2D eigenvalue weighted by Gasteiger charge is -2.10. The Hall–Kier alpha value is -2.90. The summed E-state index contributed by atoms with van der Waals surface area (Å²) in [5.74, 6) is -1.08. The lowest BCUT2D eigenvalue weighted by molar-refractivity contribution is -0.141. The summed E-state index contributed by atoms with van der Waals surface area (Å²) in [6.45, 7) is 1.94. The average molecular weight is 381 g/mol. The molecule has 3 rings (SSSR count). The van der Waals surface area contributed by atoms with Gasteiger partial charge in [-0.3, -0.25) is 4.68 Å². The summed E-state index contributed by atoms with van der Waals surface area (Å²) in [5, 5.41) is 6.39. The highest BCUT2D eigenvalue weighted by Crippen LogP contribution is 2.33. The largest absolute Gasteiger partial charge is 0.435 e. The maximum Gasteiger partial charge on any atom is 0.435 e. The lowest BCUT2D eigenvalue weighted by atomic mass is 10.1. The summed E-state index contributed by atoms with van der Waals surface area (Å²) in [7, 11) is 0. The van der Waals surface area contributed by atoms with Crippen molar-refractivity contribution in [3.63, 3.8) is 0 Å². The van der Waals surface area contributed by atoms with Crippen LogP contribution in [0.3, 0.4) is 0 Å². The van der Waals surface area contributed by atoms with Crippen molar-refractivity contribution in [3.8, 4) is 11.3 Å². The van der Waals surface area contributed by atoms with Crippen LogP contribution in [0.1, 0.15) is 18.2 Å². The molecule has 0 saturated carbocycles. The molecule has 8 heteroatoms. The zero-order valence-electron chi connectivity index (χ0n) is 14.3. The molecule has 1 N–H and O–H groups in total. The van der Waals surface area contributed by atoms with Crippen molar-refractivity contribution in [1.29, 1.82) is 0 Å². The molecule has 0 unspecified atom stereocenters. The normalized spacial score (nSPS) is 11.6. The number of hydrogen-bond donors (Lipinski definition) is 1. The minimum absolute atomic E-state index is 0.0105. The quantitative estimate of drug-likeness (QED) is 0.593. The highest BCUT2D eigenvalue weighted by Gasteiger charge is 2.35. The maximum absolute atomic E-state index is 14.5. The fourth-order valence-electron chi connectivity index (χ4n) is 2.69. The van der Waals surface area contributed by atoms with Crippen molar-refractivity contribution in [2.75, 3.05) is 5.32 Å². The molecule has 0 aliphatic rings. The van der Waals surface area contributed by atoms with Gasteiger partial charge in [0.15, 0.2) is 5.69 Å². The number of halogens is 5. The zero-order chi connectivity index (χ0) is 19.6. The van der Waals surface area contributed by atoms with E-state index < -0.39 is 17.7 Å². The molecule has 1 heterocycles. The van der Waals surface area contributed by atoms with Gasteiger partial charge in [0.05, 0.1) is 5.69 Å². The van der Waals surface area contributed by atoms with Crippen LogP contribution in [0, 0.1) is 11.6 Å². The number of aromatic nitrogens is 2. The van der Waals surface area contributed by atoms with E-state index in [1.807, 2.05) is 0 Å². The highest BCUT2D eigenvalue weighted by atomic mass is 19.4. The van der Waals surface area contributed by atoms with Crippen LogP contribution in [0.25, 0.3) is 11.3 Å². The molecule has 0 bridgehead atoms. The molecule has 0 spiro atoms. The van der Waals surface area contributed by atoms with Crippen LogP contribution in [0.15, 0.2) is 48.5 Å². The number of aryl methyl sites for hydroxylation is 1. The Morgan fingerprint density at radius 2 is 1.74 bits per heavy atom. The van der Waals surface area contributed by atoms with E-state index in [9.17, 15) is 22.0 Å². The summed E-state index contributed by atoms with van der Waals surface area (Å²) in [6, 6.07) is 11.1. The number of rotatable bonds is 5. The molecule has 27 heavy (non-hydrogen) atoms. The smallest absolute Gasteiger partial charge is 0.381 e. The number of nitrogens with one attached hydrogen (secondary N) is 1. The molecular formula is C19H16F5N3. The predicted molar refractivity (Wildman–Crippen MR) is 92.0 cm³/mol. The lowest BCUT2D eigenvalue weighted by Crippen LogP contribution is -2.07. The van der Waals surface area contributed by atoms with Crippen LogP contribution in [-0.2, 0) is 19.3 Å². The van der Waals surface area contributed by atoms with Crippen LogP contribution in [0.5, 0.6) is 0 Å². The fraction of sp³-hybridized carbons (Fsp3) is 0.211. The van der Waals surface area contributed by atoms with Crippen LogP contribution < -0.4 is 5.32 Å². The Morgan fingerprint density at radius 1 is 1.00 bits per heavy atom. The molecule has 0 aliphatic heterocycles. The molecular weight excluding hydrogens is 365 g/mol. The number of benzene rings is 2. The van der Waals surface area contributed by atoms with Crippen molar-refractivity contribution in [2.45, 2.75) is 26.2 Å². The van der Waals surface area contributed by atoms with Gasteiger partial charge in [-0.15, -0.1) is 0 Å². The first kappa shape index (κ1) is 18.9. The van der Waals surface area contributed by atoms with E-state index in [0.717, 1.165) is 16.8 Å². The number of nitrogens with zero attached hydrogens (tertiary/aromatic N) is 2. The average Bonchev–Trinajstić information content (AvgIpc) is 3.05. The molecule has 0 aliphatic carbocycles. The second kappa shape index (κ2) is 7.38. The Labute approximate surface area is 152 Å². The van der Waals surface area contributed by atoms with E-state index in [1.165, 1.54) is 18.2 Å². The second-order valence-corrected chi connectivity index (χ2v) is 5.87. The molecule has 142 valence electrons. The fourth-order valence-corrected chi connectivity index (χ4v) is 2.69. The minimum atomic E-state index is -4.60. The third-order valence-electron chi connectivity index (χ3n) is 4.06. The minimum Gasteiger partial charge on any atom is -0.381 e. The van der Waals surface area contributed by atoms with Crippen molar-refractivity contribution in [1.82, 2.24) is 9.78 Å². The van der Waals surface area contributed by atoms with E-state index in [-0.39, 0.29) is 30.2 Å². The van der Waals surface area contributed by atoms with Gasteiger partial charge in [-0.1, -0.05) is 18.2 Å². The highest BCUT2D eigenvalue weighted by molar-refractivity contribution is 5.64. The number of anilines is 1. The van der Waals surface area contributed by atoms with Gasteiger partial charge in [-0.2, -0.15) is 18.3 Å². The van der Waals surface area contributed by atoms with Gasteiger partial charge in [0.1, 0.15) is 11.6 Å². The zero-order valence-corrected chi connectivity index (χ0v) is 14.3. The molecule has 3 nitrogen and oxygen atoms in total. The standard InChI is InChI=1S/C19H16F5N3/c1-2-27-17(10-18(26-27)19(22,23)24)14-8-7-13(9-16(14)21)25-11-12-5-3-4-6-15(12)20/h3-10,25H,2,11H2,1H3. The van der Waals surface area contributed by atoms with Gasteiger partial charge >= 0.3 is 6.18 Å². The monoisotopic (exact) mass is 381 g/mol. The maximum atomic E-state index is 14.5. The topological polar surface area (TPSA) is 29.9 Å². The van der Waals surface area contributed by atoms with E-state index in [2.05, 4.69) is 10.4 Å². The third kappa shape index (κ3) is 4.10.